The number of Topliss-reactive ketones (excluding diaryl/α,β-unsaturated/α-hetero) is 1. The fraction of sp³-hybridized carbons (Fsp3) is 0.208. The van der Waals surface area contributed by atoms with Crippen LogP contribution in [0, 0.1) is 0 Å². The highest BCUT2D eigenvalue weighted by Crippen LogP contribution is 2.22. The van der Waals surface area contributed by atoms with Crippen LogP contribution in [0.1, 0.15) is 24.2 Å². The number of benzene rings is 3. The normalized spacial score (nSPS) is 12.8. The maximum absolute atomic E-state index is 12.6. The number of rotatable bonds is 7. The quantitative estimate of drug-likeness (QED) is 0.530. The van der Waals surface area contributed by atoms with Gasteiger partial charge in [0.2, 0.25) is 0 Å². The highest BCUT2D eigenvalue weighted by Gasteiger charge is 2.24. The van der Waals surface area contributed by atoms with Crippen LogP contribution in [-0.2, 0) is 9.59 Å². The molecule has 30 heavy (non-hydrogen) atoms. The Morgan fingerprint density at radius 3 is 2.27 bits per heavy atom. The first kappa shape index (κ1) is 21.2. The zero-order valence-corrected chi connectivity index (χ0v) is 17.4. The third-order valence-corrected chi connectivity index (χ3v) is 5.19. The van der Waals surface area contributed by atoms with Crippen molar-refractivity contribution in [3.63, 3.8) is 0 Å². The number of carbonyl (C=O) groups excluding carboxylic acids is 3. The Balaban J connectivity index is 1.58. The van der Waals surface area contributed by atoms with Crippen LogP contribution in [0.25, 0.3) is 10.8 Å². The lowest BCUT2D eigenvalue weighted by atomic mass is 10.1. The molecule has 154 valence electrons. The summed E-state index contributed by atoms with van der Waals surface area (Å²) in [6.07, 6.45) is 0. The number of amides is 2. The molecule has 0 aromatic heterocycles. The SMILES string of the molecule is CC(=O)c1ccc(NC(=O)[C@@H](C)[NH+](C)CC(=O)Nc2cccc3ccccc23)cc1. The van der Waals surface area contributed by atoms with E-state index < -0.39 is 6.04 Å². The van der Waals surface area contributed by atoms with Crippen LogP contribution in [0.4, 0.5) is 11.4 Å². The van der Waals surface area contributed by atoms with Crippen molar-refractivity contribution < 1.29 is 19.3 Å². The predicted molar refractivity (Wildman–Crippen MR) is 119 cm³/mol. The van der Waals surface area contributed by atoms with E-state index in [0.29, 0.717) is 11.3 Å². The Labute approximate surface area is 175 Å². The van der Waals surface area contributed by atoms with Crippen LogP contribution in [0.5, 0.6) is 0 Å². The summed E-state index contributed by atoms with van der Waals surface area (Å²) in [7, 11) is 1.81. The van der Waals surface area contributed by atoms with Crippen LogP contribution in [-0.4, -0.2) is 37.2 Å². The van der Waals surface area contributed by atoms with Gasteiger partial charge in [0.1, 0.15) is 0 Å². The van der Waals surface area contributed by atoms with Gasteiger partial charge in [0.05, 0.1) is 7.05 Å². The number of carbonyl (C=O) groups is 3. The largest absolute Gasteiger partial charge is 0.321 e. The van der Waals surface area contributed by atoms with E-state index in [-0.39, 0.29) is 24.1 Å². The standard InChI is InChI=1S/C24H25N3O3/c1-16(24(30)25-20-13-11-18(12-14-20)17(2)28)27(3)15-23(29)26-22-10-6-8-19-7-4-5-9-21(19)22/h4-14,16H,15H2,1-3H3,(H,25,30)(H,26,29)/p+1/t16-/m1/s1. The fourth-order valence-corrected chi connectivity index (χ4v) is 3.20. The molecule has 0 aliphatic carbocycles. The summed E-state index contributed by atoms with van der Waals surface area (Å²) in [5, 5.41) is 7.82. The molecule has 3 N–H and O–H groups in total. The molecule has 0 saturated heterocycles. The molecule has 2 amide bonds. The van der Waals surface area contributed by atoms with E-state index in [4.69, 9.17) is 0 Å². The van der Waals surface area contributed by atoms with E-state index >= 15 is 0 Å². The first-order chi connectivity index (χ1) is 14.3. The number of ketones is 1. The van der Waals surface area contributed by atoms with Crippen LogP contribution in [0.15, 0.2) is 66.7 Å². The molecule has 0 aliphatic rings. The van der Waals surface area contributed by atoms with Crippen LogP contribution in [0.2, 0.25) is 0 Å². The van der Waals surface area contributed by atoms with E-state index in [1.54, 1.807) is 31.2 Å². The molecule has 0 spiro atoms. The molecule has 0 bridgehead atoms. The summed E-state index contributed by atoms with van der Waals surface area (Å²) in [5.74, 6) is -0.377. The minimum absolute atomic E-state index is 0.0253. The summed E-state index contributed by atoms with van der Waals surface area (Å²) in [4.78, 5) is 37.2. The average Bonchev–Trinajstić information content (AvgIpc) is 2.73. The molecule has 0 saturated carbocycles. The number of likely N-dealkylation sites (N-methyl/N-ethyl adjacent to an activating group) is 1. The van der Waals surface area contributed by atoms with Gasteiger partial charge >= 0.3 is 0 Å². The van der Waals surface area contributed by atoms with Crippen molar-refractivity contribution in [3.05, 3.63) is 72.3 Å². The Bertz CT molecular complexity index is 1070. The van der Waals surface area contributed by atoms with Crippen LogP contribution in [0.3, 0.4) is 0 Å². The Hall–Kier alpha value is -3.51. The lowest BCUT2D eigenvalue weighted by Crippen LogP contribution is -3.14. The van der Waals surface area contributed by atoms with E-state index in [1.165, 1.54) is 6.92 Å². The molecule has 3 aromatic carbocycles. The number of quaternary nitrogens is 1. The van der Waals surface area contributed by atoms with E-state index in [0.717, 1.165) is 21.4 Å². The van der Waals surface area contributed by atoms with Gasteiger partial charge in [0.25, 0.3) is 11.8 Å². The van der Waals surface area contributed by atoms with Crippen molar-refractivity contribution in [1.29, 1.82) is 0 Å². The number of anilines is 2. The van der Waals surface area contributed by atoms with Crippen molar-refractivity contribution in [2.75, 3.05) is 24.2 Å². The Morgan fingerprint density at radius 2 is 1.57 bits per heavy atom. The molecule has 0 radical (unpaired) electrons. The number of nitrogens with one attached hydrogen (secondary N) is 3. The molecule has 3 rings (SSSR count). The van der Waals surface area contributed by atoms with Gasteiger partial charge in [-0.2, -0.15) is 0 Å². The molecule has 0 heterocycles. The van der Waals surface area contributed by atoms with Gasteiger partial charge in [-0.3, -0.25) is 14.4 Å². The molecule has 1 unspecified atom stereocenters. The second-order valence-electron chi connectivity index (χ2n) is 7.44. The van der Waals surface area contributed by atoms with Gasteiger partial charge in [-0.15, -0.1) is 0 Å². The smallest absolute Gasteiger partial charge is 0.282 e. The van der Waals surface area contributed by atoms with E-state index in [1.807, 2.05) is 49.5 Å². The Morgan fingerprint density at radius 1 is 0.900 bits per heavy atom. The molecule has 6 nitrogen and oxygen atoms in total. The molecular weight excluding hydrogens is 378 g/mol. The monoisotopic (exact) mass is 404 g/mol. The minimum Gasteiger partial charge on any atom is -0.321 e. The molecule has 0 fully saturated rings. The molecule has 0 aliphatic heterocycles. The van der Waals surface area contributed by atoms with Gasteiger partial charge in [-0.1, -0.05) is 36.4 Å². The van der Waals surface area contributed by atoms with E-state index in [2.05, 4.69) is 10.6 Å². The third-order valence-electron chi connectivity index (χ3n) is 5.19. The van der Waals surface area contributed by atoms with Crippen molar-refractivity contribution in [2.45, 2.75) is 19.9 Å². The van der Waals surface area contributed by atoms with Gasteiger partial charge < -0.3 is 15.5 Å². The van der Waals surface area contributed by atoms with E-state index in [9.17, 15) is 14.4 Å². The highest BCUT2D eigenvalue weighted by molar-refractivity contribution is 6.02. The lowest BCUT2D eigenvalue weighted by Gasteiger charge is -2.21. The molecule has 6 heteroatoms. The van der Waals surface area contributed by atoms with Crippen LogP contribution >= 0.6 is 0 Å². The first-order valence-corrected chi connectivity index (χ1v) is 9.87. The van der Waals surface area contributed by atoms with Gasteiger partial charge in [0, 0.05) is 22.3 Å². The second-order valence-corrected chi connectivity index (χ2v) is 7.44. The summed E-state index contributed by atoms with van der Waals surface area (Å²) in [6.45, 7) is 3.43. The topological polar surface area (TPSA) is 79.7 Å². The maximum Gasteiger partial charge on any atom is 0.282 e. The molecular formula is C24H26N3O3+. The Kier molecular flexibility index (Phi) is 6.59. The lowest BCUT2D eigenvalue weighted by molar-refractivity contribution is -0.885. The third kappa shape index (κ3) is 5.10. The number of hydrogen-bond acceptors (Lipinski definition) is 3. The summed E-state index contributed by atoms with van der Waals surface area (Å²) in [5.41, 5.74) is 1.97. The summed E-state index contributed by atoms with van der Waals surface area (Å²) in [6, 6.07) is 19.9. The zero-order chi connectivity index (χ0) is 21.7. The van der Waals surface area contributed by atoms with Crippen molar-refractivity contribution in [1.82, 2.24) is 0 Å². The van der Waals surface area contributed by atoms with Gasteiger partial charge in [0.15, 0.2) is 18.4 Å². The van der Waals surface area contributed by atoms with Crippen molar-refractivity contribution >= 4 is 39.7 Å². The molecule has 2 atom stereocenters. The predicted octanol–water partition coefficient (Wildman–Crippen LogP) is 2.52. The highest BCUT2D eigenvalue weighted by atomic mass is 16.2. The second kappa shape index (κ2) is 9.33. The fourth-order valence-electron chi connectivity index (χ4n) is 3.20. The van der Waals surface area contributed by atoms with Gasteiger partial charge in [-0.25, -0.2) is 0 Å². The number of fused-ring (bicyclic) bond motifs is 1. The maximum atomic E-state index is 12.6. The van der Waals surface area contributed by atoms with Gasteiger partial charge in [-0.05, 0) is 49.6 Å². The first-order valence-electron chi connectivity index (χ1n) is 9.87. The summed E-state index contributed by atoms with van der Waals surface area (Å²) >= 11 is 0. The number of hydrogen-bond donors (Lipinski definition) is 3. The summed E-state index contributed by atoms with van der Waals surface area (Å²) < 4.78 is 0. The molecule has 3 aromatic rings. The van der Waals surface area contributed by atoms with Crippen molar-refractivity contribution in [2.24, 2.45) is 0 Å². The van der Waals surface area contributed by atoms with Crippen LogP contribution < -0.4 is 15.5 Å². The van der Waals surface area contributed by atoms with Crippen molar-refractivity contribution in [3.8, 4) is 0 Å². The zero-order valence-electron chi connectivity index (χ0n) is 17.4. The minimum atomic E-state index is -0.434. The average molecular weight is 404 g/mol.